The van der Waals surface area contributed by atoms with E-state index < -0.39 is 0 Å². The SMILES string of the molecule is Cn1cc(CN2CCCC2CNC2CC2)nn1. The quantitative estimate of drug-likeness (QED) is 0.809. The molecule has 2 aliphatic rings. The highest BCUT2D eigenvalue weighted by molar-refractivity contribution is 4.95. The number of hydrogen-bond acceptors (Lipinski definition) is 4. The van der Waals surface area contributed by atoms with Crippen molar-refractivity contribution in [2.75, 3.05) is 13.1 Å². The molecule has 3 rings (SSSR count). The highest BCUT2D eigenvalue weighted by Crippen LogP contribution is 2.22. The van der Waals surface area contributed by atoms with Crippen molar-refractivity contribution < 1.29 is 0 Å². The van der Waals surface area contributed by atoms with E-state index in [1.165, 1.54) is 32.2 Å². The maximum Gasteiger partial charge on any atom is 0.0967 e. The van der Waals surface area contributed by atoms with Gasteiger partial charge in [0.05, 0.1) is 5.69 Å². The van der Waals surface area contributed by atoms with Gasteiger partial charge in [0.15, 0.2) is 0 Å². The van der Waals surface area contributed by atoms with Gasteiger partial charge in [0.2, 0.25) is 0 Å². The number of nitrogens with zero attached hydrogens (tertiary/aromatic N) is 4. The molecule has 1 aliphatic heterocycles. The third-order valence-corrected chi connectivity index (χ3v) is 3.73. The fourth-order valence-corrected chi connectivity index (χ4v) is 2.60. The normalized spacial score (nSPS) is 25.6. The second-order valence-corrected chi connectivity index (χ2v) is 5.33. The topological polar surface area (TPSA) is 46.0 Å². The summed E-state index contributed by atoms with van der Waals surface area (Å²) in [5.74, 6) is 0. The first-order valence-electron chi connectivity index (χ1n) is 6.64. The predicted molar refractivity (Wildman–Crippen MR) is 65.5 cm³/mol. The van der Waals surface area contributed by atoms with Crippen molar-refractivity contribution in [1.82, 2.24) is 25.2 Å². The van der Waals surface area contributed by atoms with E-state index in [4.69, 9.17) is 0 Å². The molecule has 0 radical (unpaired) electrons. The van der Waals surface area contributed by atoms with Crippen LogP contribution in [0.15, 0.2) is 6.20 Å². The second-order valence-electron chi connectivity index (χ2n) is 5.33. The summed E-state index contributed by atoms with van der Waals surface area (Å²) < 4.78 is 1.78. The van der Waals surface area contributed by atoms with Crippen molar-refractivity contribution in [3.05, 3.63) is 11.9 Å². The van der Waals surface area contributed by atoms with E-state index in [1.54, 1.807) is 4.68 Å². The van der Waals surface area contributed by atoms with Crippen molar-refractivity contribution >= 4 is 0 Å². The fraction of sp³-hybridized carbons (Fsp3) is 0.833. The van der Waals surface area contributed by atoms with Crippen LogP contribution < -0.4 is 5.32 Å². The van der Waals surface area contributed by atoms with Crippen LogP contribution in [0.4, 0.5) is 0 Å². The van der Waals surface area contributed by atoms with Gasteiger partial charge in [0.1, 0.15) is 0 Å². The molecule has 0 amide bonds. The van der Waals surface area contributed by atoms with Gasteiger partial charge in [-0.05, 0) is 32.2 Å². The predicted octanol–water partition coefficient (Wildman–Crippen LogP) is 0.531. The Balaban J connectivity index is 1.53. The average Bonchev–Trinajstić information content (AvgIpc) is 2.90. The Morgan fingerprint density at radius 2 is 2.29 bits per heavy atom. The van der Waals surface area contributed by atoms with Crippen molar-refractivity contribution in [3.8, 4) is 0 Å². The summed E-state index contributed by atoms with van der Waals surface area (Å²) in [7, 11) is 1.92. The van der Waals surface area contributed by atoms with Crippen LogP contribution in [0.1, 0.15) is 31.4 Å². The summed E-state index contributed by atoms with van der Waals surface area (Å²) in [5, 5.41) is 11.8. The van der Waals surface area contributed by atoms with Crippen molar-refractivity contribution in [2.45, 2.75) is 44.3 Å². The molecule has 1 saturated heterocycles. The van der Waals surface area contributed by atoms with Crippen molar-refractivity contribution in [2.24, 2.45) is 7.05 Å². The lowest BCUT2D eigenvalue weighted by Gasteiger charge is -2.23. The number of rotatable bonds is 5. The molecule has 2 fully saturated rings. The number of likely N-dealkylation sites (tertiary alicyclic amines) is 1. The number of aryl methyl sites for hydroxylation is 1. The Hall–Kier alpha value is -0.940. The molecule has 1 unspecified atom stereocenters. The zero-order chi connectivity index (χ0) is 11.7. The van der Waals surface area contributed by atoms with Crippen LogP contribution >= 0.6 is 0 Å². The third-order valence-electron chi connectivity index (χ3n) is 3.73. The highest BCUT2D eigenvalue weighted by Gasteiger charge is 2.28. The summed E-state index contributed by atoms with van der Waals surface area (Å²) in [4.78, 5) is 2.54. The first kappa shape index (κ1) is 11.2. The molecular weight excluding hydrogens is 214 g/mol. The second kappa shape index (κ2) is 4.74. The van der Waals surface area contributed by atoms with Gasteiger partial charge in [-0.1, -0.05) is 5.21 Å². The Labute approximate surface area is 102 Å². The highest BCUT2D eigenvalue weighted by atomic mass is 15.4. The molecule has 17 heavy (non-hydrogen) atoms. The molecule has 1 aromatic heterocycles. The maximum absolute atomic E-state index is 4.17. The maximum atomic E-state index is 4.17. The Bertz CT molecular complexity index is 371. The van der Waals surface area contributed by atoms with E-state index in [0.29, 0.717) is 6.04 Å². The fourth-order valence-electron chi connectivity index (χ4n) is 2.60. The molecule has 1 saturated carbocycles. The standard InChI is InChI=1S/C12H21N5/c1-16-8-11(14-15-16)9-17-6-2-3-12(17)7-13-10-4-5-10/h8,10,12-13H,2-7,9H2,1H3. The van der Waals surface area contributed by atoms with Crippen LogP contribution in [0.5, 0.6) is 0 Å². The molecule has 1 atom stereocenters. The van der Waals surface area contributed by atoms with Gasteiger partial charge >= 0.3 is 0 Å². The first-order chi connectivity index (χ1) is 8.31. The van der Waals surface area contributed by atoms with Crippen LogP contribution in [0.3, 0.4) is 0 Å². The molecule has 1 aliphatic carbocycles. The minimum atomic E-state index is 0.692. The monoisotopic (exact) mass is 235 g/mol. The molecule has 5 nitrogen and oxygen atoms in total. The van der Waals surface area contributed by atoms with Gasteiger partial charge in [-0.2, -0.15) is 0 Å². The van der Waals surface area contributed by atoms with Gasteiger partial charge in [-0.3, -0.25) is 9.58 Å². The van der Waals surface area contributed by atoms with E-state index in [1.807, 2.05) is 13.2 Å². The average molecular weight is 235 g/mol. The van der Waals surface area contributed by atoms with Gasteiger partial charge < -0.3 is 5.32 Å². The van der Waals surface area contributed by atoms with Crippen LogP contribution in [0.2, 0.25) is 0 Å². The molecule has 1 aromatic rings. The lowest BCUT2D eigenvalue weighted by molar-refractivity contribution is 0.236. The third kappa shape index (κ3) is 2.84. The van der Waals surface area contributed by atoms with E-state index in [-0.39, 0.29) is 0 Å². The molecule has 2 heterocycles. The van der Waals surface area contributed by atoms with E-state index in [2.05, 4.69) is 20.5 Å². The van der Waals surface area contributed by atoms with Crippen LogP contribution in [0.25, 0.3) is 0 Å². The smallest absolute Gasteiger partial charge is 0.0967 e. The summed E-state index contributed by atoms with van der Waals surface area (Å²) >= 11 is 0. The molecular formula is C12H21N5. The number of hydrogen-bond donors (Lipinski definition) is 1. The lowest BCUT2D eigenvalue weighted by Crippen LogP contribution is -2.38. The summed E-state index contributed by atoms with van der Waals surface area (Å²) in [6, 6.07) is 1.51. The number of nitrogens with one attached hydrogen (secondary N) is 1. The van der Waals surface area contributed by atoms with Crippen molar-refractivity contribution in [1.29, 1.82) is 0 Å². The summed E-state index contributed by atoms with van der Waals surface area (Å²) in [6.07, 6.45) is 7.40. The molecule has 0 spiro atoms. The number of aromatic nitrogens is 3. The van der Waals surface area contributed by atoms with Gasteiger partial charge in [0.25, 0.3) is 0 Å². The minimum absolute atomic E-state index is 0.692. The largest absolute Gasteiger partial charge is 0.312 e. The zero-order valence-electron chi connectivity index (χ0n) is 10.5. The molecule has 1 N–H and O–H groups in total. The molecule has 0 aromatic carbocycles. The molecule has 0 bridgehead atoms. The lowest BCUT2D eigenvalue weighted by atomic mass is 10.2. The summed E-state index contributed by atoms with van der Waals surface area (Å²) in [6.45, 7) is 3.30. The summed E-state index contributed by atoms with van der Waals surface area (Å²) in [5.41, 5.74) is 1.09. The van der Waals surface area contributed by atoms with E-state index >= 15 is 0 Å². The van der Waals surface area contributed by atoms with Crippen molar-refractivity contribution in [3.63, 3.8) is 0 Å². The Morgan fingerprint density at radius 1 is 1.41 bits per heavy atom. The van der Waals surface area contributed by atoms with Gasteiger partial charge in [0, 0.05) is 38.4 Å². The zero-order valence-corrected chi connectivity index (χ0v) is 10.5. The van der Waals surface area contributed by atoms with E-state index in [9.17, 15) is 0 Å². The molecule has 94 valence electrons. The Morgan fingerprint density at radius 3 is 3.00 bits per heavy atom. The van der Waals surface area contributed by atoms with Crippen LogP contribution in [0, 0.1) is 0 Å². The molecule has 5 heteroatoms. The van der Waals surface area contributed by atoms with Gasteiger partial charge in [-0.25, -0.2) is 0 Å². The van der Waals surface area contributed by atoms with Crippen LogP contribution in [-0.4, -0.2) is 45.1 Å². The van der Waals surface area contributed by atoms with E-state index in [0.717, 1.165) is 24.8 Å². The van der Waals surface area contributed by atoms with Crippen LogP contribution in [-0.2, 0) is 13.6 Å². The minimum Gasteiger partial charge on any atom is -0.312 e. The van der Waals surface area contributed by atoms with Gasteiger partial charge in [-0.15, -0.1) is 5.10 Å². The first-order valence-corrected chi connectivity index (χ1v) is 6.64. The Kier molecular flexibility index (Phi) is 3.11.